The maximum absolute atomic E-state index is 12.6. The predicted octanol–water partition coefficient (Wildman–Crippen LogP) is 3.43. The maximum atomic E-state index is 12.6. The Labute approximate surface area is 120 Å². The van der Waals surface area contributed by atoms with Crippen molar-refractivity contribution in [1.82, 2.24) is 10.2 Å². The Balaban J connectivity index is 1.85. The molecule has 1 aliphatic heterocycles. The number of piperidine rings is 1. The summed E-state index contributed by atoms with van der Waals surface area (Å²) in [6, 6.07) is 0.540. The smallest absolute Gasteiger partial charge is 0.312 e. The molecule has 0 bridgehead atoms. The number of nitrogens with zero attached hydrogens (tertiary/aromatic N) is 1. The molecule has 2 rings (SSSR count). The summed E-state index contributed by atoms with van der Waals surface area (Å²) in [7, 11) is 0. The van der Waals surface area contributed by atoms with E-state index in [1.54, 1.807) is 0 Å². The minimum Gasteiger partial charge on any atom is -0.312 e. The van der Waals surface area contributed by atoms with E-state index in [4.69, 9.17) is 0 Å². The van der Waals surface area contributed by atoms with Gasteiger partial charge in [0.05, 0.1) is 0 Å². The number of rotatable bonds is 5. The van der Waals surface area contributed by atoms with Gasteiger partial charge in [-0.15, -0.1) is 0 Å². The average molecular weight is 292 g/mol. The van der Waals surface area contributed by atoms with Crippen LogP contribution in [0.2, 0.25) is 0 Å². The highest BCUT2D eigenvalue weighted by Gasteiger charge is 2.37. The maximum Gasteiger partial charge on any atom is 0.389 e. The normalized spacial score (nSPS) is 29.7. The topological polar surface area (TPSA) is 15.3 Å². The van der Waals surface area contributed by atoms with E-state index in [1.165, 1.54) is 19.3 Å². The number of likely N-dealkylation sites (tertiary alicyclic amines) is 1. The van der Waals surface area contributed by atoms with Crippen molar-refractivity contribution in [1.29, 1.82) is 0 Å². The van der Waals surface area contributed by atoms with Gasteiger partial charge in [-0.1, -0.05) is 6.42 Å². The molecule has 0 aromatic heterocycles. The molecule has 118 valence electrons. The van der Waals surface area contributed by atoms with Gasteiger partial charge in [0, 0.05) is 31.6 Å². The van der Waals surface area contributed by atoms with Crippen molar-refractivity contribution in [3.63, 3.8) is 0 Å². The van der Waals surface area contributed by atoms with Crippen LogP contribution in [0.15, 0.2) is 0 Å². The van der Waals surface area contributed by atoms with Crippen molar-refractivity contribution in [3.05, 3.63) is 0 Å². The molecule has 1 N–H and O–H groups in total. The van der Waals surface area contributed by atoms with Gasteiger partial charge in [0.15, 0.2) is 0 Å². The minimum absolute atomic E-state index is 0.221. The fraction of sp³-hybridized carbons (Fsp3) is 1.00. The van der Waals surface area contributed by atoms with Crippen molar-refractivity contribution in [2.24, 2.45) is 11.8 Å². The van der Waals surface area contributed by atoms with Gasteiger partial charge < -0.3 is 5.32 Å². The van der Waals surface area contributed by atoms with E-state index in [9.17, 15) is 13.2 Å². The van der Waals surface area contributed by atoms with Gasteiger partial charge >= 0.3 is 6.18 Å². The highest BCUT2D eigenvalue weighted by molar-refractivity contribution is 4.87. The Kier molecular flexibility index (Phi) is 5.35. The monoisotopic (exact) mass is 292 g/mol. The van der Waals surface area contributed by atoms with Crippen LogP contribution in [0.1, 0.15) is 46.0 Å². The SMILES string of the molecule is CC(C)N1CC(CC(F)(F)F)CC(NCC2CCC2)C1. The number of nitrogens with one attached hydrogen (secondary N) is 1. The summed E-state index contributed by atoms with van der Waals surface area (Å²) in [5.41, 5.74) is 0. The van der Waals surface area contributed by atoms with E-state index < -0.39 is 12.6 Å². The number of alkyl halides is 3. The first-order valence-corrected chi connectivity index (χ1v) is 7.87. The lowest BCUT2D eigenvalue weighted by molar-refractivity contribution is -0.149. The molecular weight excluding hydrogens is 265 g/mol. The Morgan fingerprint density at radius 3 is 2.35 bits per heavy atom. The van der Waals surface area contributed by atoms with Gasteiger partial charge in [-0.2, -0.15) is 13.2 Å². The van der Waals surface area contributed by atoms with Gasteiger partial charge in [0.2, 0.25) is 0 Å². The molecule has 20 heavy (non-hydrogen) atoms. The molecule has 0 spiro atoms. The van der Waals surface area contributed by atoms with E-state index in [1.807, 2.05) is 0 Å². The first-order chi connectivity index (χ1) is 9.33. The molecule has 2 fully saturated rings. The summed E-state index contributed by atoms with van der Waals surface area (Å²) in [6.45, 7) is 6.59. The lowest BCUT2D eigenvalue weighted by Gasteiger charge is -2.41. The number of halogens is 3. The third kappa shape index (κ3) is 4.92. The zero-order chi connectivity index (χ0) is 14.8. The van der Waals surface area contributed by atoms with Crippen LogP contribution >= 0.6 is 0 Å². The van der Waals surface area contributed by atoms with Gasteiger partial charge in [0.25, 0.3) is 0 Å². The number of hydrogen-bond acceptors (Lipinski definition) is 2. The molecule has 2 nitrogen and oxygen atoms in total. The van der Waals surface area contributed by atoms with Crippen molar-refractivity contribution in [2.75, 3.05) is 19.6 Å². The van der Waals surface area contributed by atoms with Crippen LogP contribution in [0.25, 0.3) is 0 Å². The van der Waals surface area contributed by atoms with Crippen molar-refractivity contribution in [3.8, 4) is 0 Å². The second-order valence-corrected chi connectivity index (χ2v) is 6.87. The summed E-state index contributed by atoms with van der Waals surface area (Å²) in [5, 5.41) is 3.52. The van der Waals surface area contributed by atoms with E-state index in [0.717, 1.165) is 19.0 Å². The molecular formula is C15H27F3N2. The number of hydrogen-bond donors (Lipinski definition) is 1. The zero-order valence-corrected chi connectivity index (χ0v) is 12.5. The molecule has 0 amide bonds. The van der Waals surface area contributed by atoms with E-state index in [2.05, 4.69) is 24.1 Å². The fourth-order valence-corrected chi connectivity index (χ4v) is 3.32. The van der Waals surface area contributed by atoms with Crippen LogP contribution in [0, 0.1) is 11.8 Å². The van der Waals surface area contributed by atoms with Crippen LogP contribution in [0.5, 0.6) is 0 Å². The summed E-state index contributed by atoms with van der Waals surface area (Å²) < 4.78 is 37.9. The molecule has 1 saturated heterocycles. The fourth-order valence-electron chi connectivity index (χ4n) is 3.32. The Bertz CT molecular complexity index is 300. The quantitative estimate of drug-likeness (QED) is 0.835. The van der Waals surface area contributed by atoms with E-state index in [-0.39, 0.29) is 12.0 Å². The van der Waals surface area contributed by atoms with Gasteiger partial charge in [0.1, 0.15) is 0 Å². The zero-order valence-electron chi connectivity index (χ0n) is 12.5. The second kappa shape index (κ2) is 6.65. The highest BCUT2D eigenvalue weighted by atomic mass is 19.4. The molecule has 1 heterocycles. The third-order valence-corrected chi connectivity index (χ3v) is 4.74. The van der Waals surface area contributed by atoms with Crippen LogP contribution in [-0.4, -0.2) is 42.8 Å². The highest BCUT2D eigenvalue weighted by Crippen LogP contribution is 2.31. The summed E-state index contributed by atoms with van der Waals surface area (Å²) >= 11 is 0. The largest absolute Gasteiger partial charge is 0.389 e. The average Bonchev–Trinajstić information content (AvgIpc) is 2.24. The molecule has 2 aliphatic rings. The van der Waals surface area contributed by atoms with Crippen molar-refractivity contribution in [2.45, 2.75) is 64.2 Å². The van der Waals surface area contributed by atoms with E-state index in [0.29, 0.717) is 19.0 Å². The van der Waals surface area contributed by atoms with Gasteiger partial charge in [-0.25, -0.2) is 0 Å². The third-order valence-electron chi connectivity index (χ3n) is 4.74. The van der Waals surface area contributed by atoms with Crippen LogP contribution in [0.3, 0.4) is 0 Å². The molecule has 2 unspecified atom stereocenters. The first-order valence-electron chi connectivity index (χ1n) is 7.87. The summed E-state index contributed by atoms with van der Waals surface area (Å²) in [6.07, 6.45) is -0.151. The van der Waals surface area contributed by atoms with Crippen LogP contribution in [-0.2, 0) is 0 Å². The molecule has 5 heteroatoms. The second-order valence-electron chi connectivity index (χ2n) is 6.87. The molecule has 0 radical (unpaired) electrons. The molecule has 1 aliphatic carbocycles. The van der Waals surface area contributed by atoms with Gasteiger partial charge in [-0.05, 0) is 51.5 Å². The van der Waals surface area contributed by atoms with Crippen LogP contribution < -0.4 is 5.32 Å². The Hall–Kier alpha value is -0.290. The van der Waals surface area contributed by atoms with Crippen LogP contribution in [0.4, 0.5) is 13.2 Å². The van der Waals surface area contributed by atoms with E-state index >= 15 is 0 Å². The Morgan fingerprint density at radius 2 is 1.85 bits per heavy atom. The summed E-state index contributed by atoms with van der Waals surface area (Å²) in [5.74, 6) is 0.496. The van der Waals surface area contributed by atoms with Crippen molar-refractivity contribution >= 4 is 0 Å². The molecule has 1 saturated carbocycles. The summed E-state index contributed by atoms with van der Waals surface area (Å²) in [4.78, 5) is 2.19. The lowest BCUT2D eigenvalue weighted by atomic mass is 9.84. The predicted molar refractivity (Wildman–Crippen MR) is 74.6 cm³/mol. The first kappa shape index (κ1) is 16.1. The lowest BCUT2D eigenvalue weighted by Crippen LogP contribution is -2.53. The van der Waals surface area contributed by atoms with Gasteiger partial charge in [-0.3, -0.25) is 4.90 Å². The van der Waals surface area contributed by atoms with Crippen molar-refractivity contribution < 1.29 is 13.2 Å². The Morgan fingerprint density at radius 1 is 1.15 bits per heavy atom. The standard InChI is InChI=1S/C15H27F3N2/c1-11(2)20-9-13(7-15(16,17)18)6-14(10-20)19-8-12-4-3-5-12/h11-14,19H,3-10H2,1-2H3. The minimum atomic E-state index is -4.04. The molecule has 0 aromatic rings. The molecule has 2 atom stereocenters. The molecule has 0 aromatic carbocycles.